The Labute approximate surface area is 127 Å². The van der Waals surface area contributed by atoms with Crippen molar-refractivity contribution in [2.45, 2.75) is 12.8 Å². The number of carbonyl (C=O) groups excluding carboxylic acids is 1. The molecule has 0 radical (unpaired) electrons. The number of hydrogen-bond acceptors (Lipinski definition) is 2. The minimum Gasteiger partial charge on any atom is -0.451 e. The smallest absolute Gasteiger partial charge is 0.201 e. The van der Waals surface area contributed by atoms with E-state index in [4.69, 9.17) is 16.0 Å². The molecule has 0 N–H and O–H groups in total. The van der Waals surface area contributed by atoms with Crippen LogP contribution in [-0.2, 0) is 12.8 Å². The number of ketones is 1. The number of halogens is 1. The Kier molecular flexibility index (Phi) is 2.86. The number of rotatable bonds is 2. The molecule has 0 atom stereocenters. The molecule has 3 heteroatoms. The molecule has 4 rings (SSSR count). The summed E-state index contributed by atoms with van der Waals surface area (Å²) in [6.45, 7) is 0. The Morgan fingerprint density at radius 1 is 1.05 bits per heavy atom. The van der Waals surface area contributed by atoms with Crippen LogP contribution in [0.1, 0.15) is 21.7 Å². The number of carbonyl (C=O) groups is 1. The summed E-state index contributed by atoms with van der Waals surface area (Å²) in [6, 6.07) is 15.6. The molecule has 0 saturated heterocycles. The van der Waals surface area contributed by atoms with Crippen LogP contribution in [0.25, 0.3) is 11.0 Å². The largest absolute Gasteiger partial charge is 0.451 e. The number of furan rings is 1. The second-order valence-electron chi connectivity index (χ2n) is 5.51. The number of hydrogen-bond donors (Lipinski definition) is 0. The number of benzene rings is 2. The Morgan fingerprint density at radius 3 is 2.43 bits per heavy atom. The van der Waals surface area contributed by atoms with Gasteiger partial charge in [-0.3, -0.25) is 4.79 Å². The van der Waals surface area contributed by atoms with Crippen molar-refractivity contribution in [3.05, 3.63) is 70.4 Å². The summed E-state index contributed by atoms with van der Waals surface area (Å²) in [4.78, 5) is 12.7. The summed E-state index contributed by atoms with van der Waals surface area (Å²) in [5.74, 6) is 0.455. The van der Waals surface area contributed by atoms with Gasteiger partial charge in [0.15, 0.2) is 11.3 Å². The van der Waals surface area contributed by atoms with Crippen molar-refractivity contribution in [2.24, 2.45) is 5.92 Å². The maximum Gasteiger partial charge on any atom is 0.201 e. The highest BCUT2D eigenvalue weighted by Crippen LogP contribution is 2.32. The lowest BCUT2D eigenvalue weighted by Gasteiger charge is -2.04. The van der Waals surface area contributed by atoms with Crippen molar-refractivity contribution in [1.29, 1.82) is 0 Å². The molecule has 21 heavy (non-hydrogen) atoms. The Hall–Kier alpha value is -2.06. The van der Waals surface area contributed by atoms with Crippen LogP contribution in [0.2, 0.25) is 5.02 Å². The van der Waals surface area contributed by atoms with Gasteiger partial charge in [0.05, 0.1) is 5.02 Å². The number of Topliss-reactive ketones (excluding diaryl/α,β-unsaturated/α-hetero) is 1. The highest BCUT2D eigenvalue weighted by molar-refractivity contribution is 6.34. The zero-order valence-electron chi connectivity index (χ0n) is 11.3. The second kappa shape index (κ2) is 4.74. The van der Waals surface area contributed by atoms with Gasteiger partial charge in [-0.25, -0.2) is 0 Å². The average Bonchev–Trinajstić information content (AvgIpc) is 3.11. The number of fused-ring (bicyclic) bond motifs is 2. The van der Waals surface area contributed by atoms with Gasteiger partial charge in [-0.2, -0.15) is 0 Å². The van der Waals surface area contributed by atoms with E-state index in [1.165, 1.54) is 11.1 Å². The topological polar surface area (TPSA) is 30.2 Å². The van der Waals surface area contributed by atoms with Gasteiger partial charge in [0.1, 0.15) is 0 Å². The van der Waals surface area contributed by atoms with E-state index in [2.05, 4.69) is 12.1 Å². The van der Waals surface area contributed by atoms with Crippen LogP contribution in [0.15, 0.2) is 52.9 Å². The zero-order valence-corrected chi connectivity index (χ0v) is 12.1. The molecular formula is C18H13ClO2. The summed E-state index contributed by atoms with van der Waals surface area (Å²) in [6.07, 6.45) is 1.58. The van der Waals surface area contributed by atoms with Crippen molar-refractivity contribution in [3.63, 3.8) is 0 Å². The van der Waals surface area contributed by atoms with Crippen LogP contribution < -0.4 is 0 Å². The summed E-state index contributed by atoms with van der Waals surface area (Å²) < 4.78 is 5.69. The molecule has 104 valence electrons. The first-order valence-corrected chi connectivity index (χ1v) is 7.39. The monoisotopic (exact) mass is 296 g/mol. The SMILES string of the molecule is O=C(c1cc2cccc(Cl)c2o1)C1Cc2ccccc2C1. The van der Waals surface area contributed by atoms with Gasteiger partial charge >= 0.3 is 0 Å². The second-order valence-corrected chi connectivity index (χ2v) is 5.91. The summed E-state index contributed by atoms with van der Waals surface area (Å²) >= 11 is 6.10. The minimum absolute atomic E-state index is 0.0262. The Bertz CT molecular complexity index is 822. The van der Waals surface area contributed by atoms with Crippen molar-refractivity contribution < 1.29 is 9.21 Å². The van der Waals surface area contributed by atoms with Crippen LogP contribution in [0.3, 0.4) is 0 Å². The molecule has 3 aromatic rings. The van der Waals surface area contributed by atoms with Crippen molar-refractivity contribution in [1.82, 2.24) is 0 Å². The molecule has 0 bridgehead atoms. The normalized spacial score (nSPS) is 14.5. The van der Waals surface area contributed by atoms with Gasteiger partial charge in [-0.05, 0) is 36.1 Å². The van der Waals surface area contributed by atoms with Crippen LogP contribution in [0.5, 0.6) is 0 Å². The molecule has 1 aliphatic rings. The van der Waals surface area contributed by atoms with Crippen LogP contribution in [0, 0.1) is 5.92 Å². The molecule has 1 heterocycles. The van der Waals surface area contributed by atoms with E-state index < -0.39 is 0 Å². The van der Waals surface area contributed by atoms with Crippen LogP contribution in [0.4, 0.5) is 0 Å². The predicted octanol–water partition coefficient (Wildman–Crippen LogP) is 4.68. The van der Waals surface area contributed by atoms with Crippen LogP contribution in [-0.4, -0.2) is 5.78 Å². The van der Waals surface area contributed by atoms with E-state index in [0.29, 0.717) is 16.4 Å². The molecule has 1 aliphatic carbocycles. The van der Waals surface area contributed by atoms with Crippen molar-refractivity contribution >= 4 is 28.4 Å². The first kappa shape index (κ1) is 12.7. The lowest BCUT2D eigenvalue weighted by atomic mass is 9.99. The Morgan fingerprint density at radius 2 is 1.76 bits per heavy atom. The van der Waals surface area contributed by atoms with Gasteiger partial charge in [-0.15, -0.1) is 0 Å². The molecule has 0 unspecified atom stereocenters. The van der Waals surface area contributed by atoms with E-state index in [9.17, 15) is 4.79 Å². The highest BCUT2D eigenvalue weighted by atomic mass is 35.5. The lowest BCUT2D eigenvalue weighted by molar-refractivity contribution is 0.0898. The maximum atomic E-state index is 12.7. The fourth-order valence-corrected chi connectivity index (χ4v) is 3.31. The molecule has 0 amide bonds. The van der Waals surface area contributed by atoms with Gasteiger partial charge in [0, 0.05) is 11.3 Å². The standard InChI is InChI=1S/C18H13ClO2/c19-15-7-3-6-13-10-16(21-18(13)15)17(20)14-8-11-4-1-2-5-12(11)9-14/h1-7,10,14H,8-9H2. The molecule has 0 spiro atoms. The van der Waals surface area contributed by atoms with Gasteiger partial charge in [-0.1, -0.05) is 48.0 Å². The van der Waals surface area contributed by atoms with E-state index in [0.717, 1.165) is 18.2 Å². The van der Waals surface area contributed by atoms with E-state index in [-0.39, 0.29) is 11.7 Å². The lowest BCUT2D eigenvalue weighted by Crippen LogP contribution is -2.14. The van der Waals surface area contributed by atoms with Crippen LogP contribution >= 0.6 is 11.6 Å². The molecule has 2 nitrogen and oxygen atoms in total. The first-order valence-electron chi connectivity index (χ1n) is 7.01. The molecule has 2 aromatic carbocycles. The fraction of sp³-hybridized carbons (Fsp3) is 0.167. The minimum atomic E-state index is -0.0262. The van der Waals surface area contributed by atoms with Crippen molar-refractivity contribution in [3.8, 4) is 0 Å². The maximum absolute atomic E-state index is 12.7. The summed E-state index contributed by atoms with van der Waals surface area (Å²) in [7, 11) is 0. The van der Waals surface area contributed by atoms with E-state index in [1.807, 2.05) is 24.3 Å². The average molecular weight is 297 g/mol. The summed E-state index contributed by atoms with van der Waals surface area (Å²) in [5, 5.41) is 1.42. The fourth-order valence-electron chi connectivity index (χ4n) is 3.09. The van der Waals surface area contributed by atoms with Gasteiger partial charge in [0.2, 0.25) is 5.78 Å². The van der Waals surface area contributed by atoms with Crippen molar-refractivity contribution in [2.75, 3.05) is 0 Å². The third kappa shape index (κ3) is 2.07. The zero-order chi connectivity index (χ0) is 14.4. The molecular weight excluding hydrogens is 284 g/mol. The molecule has 1 aromatic heterocycles. The molecule has 0 fully saturated rings. The van der Waals surface area contributed by atoms with E-state index in [1.54, 1.807) is 12.1 Å². The third-order valence-corrected chi connectivity index (χ3v) is 4.46. The van der Waals surface area contributed by atoms with Gasteiger partial charge < -0.3 is 4.42 Å². The molecule has 0 aliphatic heterocycles. The predicted molar refractivity (Wildman–Crippen MR) is 82.9 cm³/mol. The van der Waals surface area contributed by atoms with E-state index >= 15 is 0 Å². The third-order valence-electron chi connectivity index (χ3n) is 4.16. The molecule has 0 saturated carbocycles. The first-order chi connectivity index (χ1) is 10.2. The highest BCUT2D eigenvalue weighted by Gasteiger charge is 2.29. The Balaban J connectivity index is 1.67. The summed E-state index contributed by atoms with van der Waals surface area (Å²) in [5.41, 5.74) is 3.13. The number of para-hydroxylation sites is 1. The van der Waals surface area contributed by atoms with Gasteiger partial charge in [0.25, 0.3) is 0 Å². The quantitative estimate of drug-likeness (QED) is 0.643.